The van der Waals surface area contributed by atoms with Crippen LogP contribution in [0.2, 0.25) is 0 Å². The molecule has 0 saturated heterocycles. The van der Waals surface area contributed by atoms with E-state index in [0.717, 1.165) is 24.5 Å². The highest BCUT2D eigenvalue weighted by molar-refractivity contribution is 5.30. The molecule has 0 aliphatic carbocycles. The molecule has 3 rings (SSSR count). The second kappa shape index (κ2) is 4.57. The molecule has 5 nitrogen and oxygen atoms in total. The van der Waals surface area contributed by atoms with Gasteiger partial charge in [-0.25, -0.2) is 4.68 Å². The number of ether oxygens (including phenoxy) is 1. The average molecular weight is 258 g/mol. The molecule has 0 radical (unpaired) electrons. The van der Waals surface area contributed by atoms with Crippen molar-refractivity contribution in [2.45, 2.75) is 25.8 Å². The molecule has 2 aromatic rings. The molecule has 1 aromatic carbocycles. The summed E-state index contributed by atoms with van der Waals surface area (Å²) in [7, 11) is 1.68. The largest absolute Gasteiger partial charge is 0.497 e. The highest BCUT2D eigenvalue weighted by Gasteiger charge is 2.28. The summed E-state index contributed by atoms with van der Waals surface area (Å²) in [6.45, 7) is 3.09. The summed E-state index contributed by atoms with van der Waals surface area (Å²) in [4.78, 5) is 4.27. The van der Waals surface area contributed by atoms with Crippen molar-refractivity contribution in [1.82, 2.24) is 14.8 Å². The van der Waals surface area contributed by atoms with Crippen LogP contribution >= 0.6 is 0 Å². The predicted molar refractivity (Wildman–Crippen MR) is 73.0 cm³/mol. The van der Waals surface area contributed by atoms with Crippen LogP contribution in [0.3, 0.4) is 0 Å². The minimum Gasteiger partial charge on any atom is -0.497 e. The van der Waals surface area contributed by atoms with Gasteiger partial charge in [0.2, 0.25) is 5.95 Å². The van der Waals surface area contributed by atoms with Crippen LogP contribution in [0.25, 0.3) is 0 Å². The van der Waals surface area contributed by atoms with Gasteiger partial charge in [0.15, 0.2) is 0 Å². The fourth-order valence-electron chi connectivity index (χ4n) is 2.77. The summed E-state index contributed by atoms with van der Waals surface area (Å²) in [5.41, 5.74) is 6.98. The molecule has 5 heteroatoms. The lowest BCUT2D eigenvalue weighted by Crippen LogP contribution is -2.27. The van der Waals surface area contributed by atoms with Crippen molar-refractivity contribution in [3.63, 3.8) is 0 Å². The van der Waals surface area contributed by atoms with Crippen LogP contribution in [-0.4, -0.2) is 21.9 Å². The molecule has 1 aromatic heterocycles. The van der Waals surface area contributed by atoms with Gasteiger partial charge in [0.05, 0.1) is 13.7 Å². The van der Waals surface area contributed by atoms with Crippen molar-refractivity contribution in [2.75, 3.05) is 12.8 Å². The highest BCUT2D eigenvalue weighted by atomic mass is 16.5. The first-order valence-electron chi connectivity index (χ1n) is 6.50. The van der Waals surface area contributed by atoms with E-state index < -0.39 is 0 Å². The van der Waals surface area contributed by atoms with E-state index in [0.29, 0.717) is 17.8 Å². The maximum atomic E-state index is 5.67. The molecule has 19 heavy (non-hydrogen) atoms. The number of rotatable bonds is 2. The smallest absolute Gasteiger partial charge is 0.239 e. The van der Waals surface area contributed by atoms with Crippen LogP contribution in [0.15, 0.2) is 24.3 Å². The van der Waals surface area contributed by atoms with Crippen molar-refractivity contribution in [1.29, 1.82) is 0 Å². The second-order valence-electron chi connectivity index (χ2n) is 5.13. The summed E-state index contributed by atoms with van der Waals surface area (Å²) < 4.78 is 7.13. The topological polar surface area (TPSA) is 66.0 Å². The number of hydrogen-bond donors (Lipinski definition) is 1. The quantitative estimate of drug-likeness (QED) is 0.892. The van der Waals surface area contributed by atoms with Crippen LogP contribution in [0.4, 0.5) is 5.95 Å². The molecule has 100 valence electrons. The standard InChI is InChI=1S/C14H18N4O/c1-9-7-13-16-14(15)17-18(13)8-12(9)10-3-5-11(19-2)6-4-10/h3-6,9,12H,7-8H2,1-2H3,(H2,15,17). The Morgan fingerprint density at radius 1 is 1.32 bits per heavy atom. The van der Waals surface area contributed by atoms with Crippen molar-refractivity contribution in [3.8, 4) is 5.75 Å². The molecule has 0 fully saturated rings. The van der Waals surface area contributed by atoms with Crippen molar-refractivity contribution >= 4 is 5.95 Å². The molecule has 0 spiro atoms. The van der Waals surface area contributed by atoms with E-state index in [9.17, 15) is 0 Å². The number of methoxy groups -OCH3 is 1. The Bertz CT molecular complexity index is 576. The zero-order chi connectivity index (χ0) is 13.4. The van der Waals surface area contributed by atoms with Gasteiger partial charge in [-0.15, -0.1) is 5.10 Å². The Kier molecular flexibility index (Phi) is 2.89. The zero-order valence-electron chi connectivity index (χ0n) is 11.2. The number of hydrogen-bond acceptors (Lipinski definition) is 4. The molecular weight excluding hydrogens is 240 g/mol. The minimum absolute atomic E-state index is 0.373. The number of nitrogens with zero attached hydrogens (tertiary/aromatic N) is 3. The first-order valence-corrected chi connectivity index (χ1v) is 6.50. The summed E-state index contributed by atoms with van der Waals surface area (Å²) >= 11 is 0. The summed E-state index contributed by atoms with van der Waals surface area (Å²) in [6, 6.07) is 8.27. The van der Waals surface area contributed by atoms with E-state index in [-0.39, 0.29) is 0 Å². The summed E-state index contributed by atoms with van der Waals surface area (Å²) in [5, 5.41) is 4.25. The number of anilines is 1. The first-order chi connectivity index (χ1) is 9.17. The Hall–Kier alpha value is -2.04. The lowest BCUT2D eigenvalue weighted by molar-refractivity contribution is 0.330. The maximum Gasteiger partial charge on any atom is 0.239 e. The van der Waals surface area contributed by atoms with Crippen LogP contribution < -0.4 is 10.5 Å². The van der Waals surface area contributed by atoms with E-state index in [1.54, 1.807) is 7.11 Å². The van der Waals surface area contributed by atoms with Gasteiger partial charge in [0.25, 0.3) is 0 Å². The maximum absolute atomic E-state index is 5.67. The molecule has 0 saturated carbocycles. The Morgan fingerprint density at radius 3 is 2.74 bits per heavy atom. The van der Waals surface area contributed by atoms with Crippen LogP contribution in [0.5, 0.6) is 5.75 Å². The van der Waals surface area contributed by atoms with Gasteiger partial charge in [-0.2, -0.15) is 4.98 Å². The summed E-state index contributed by atoms with van der Waals surface area (Å²) in [6.07, 6.45) is 0.918. The second-order valence-corrected chi connectivity index (χ2v) is 5.13. The van der Waals surface area contributed by atoms with Crippen molar-refractivity contribution in [2.24, 2.45) is 5.92 Å². The van der Waals surface area contributed by atoms with E-state index in [1.165, 1.54) is 5.56 Å². The number of nitrogen functional groups attached to an aromatic ring is 1. The first kappa shape index (κ1) is 12.0. The Morgan fingerprint density at radius 2 is 2.05 bits per heavy atom. The molecule has 2 unspecified atom stereocenters. The fourth-order valence-corrected chi connectivity index (χ4v) is 2.77. The van der Waals surface area contributed by atoms with Gasteiger partial charge >= 0.3 is 0 Å². The average Bonchev–Trinajstić information content (AvgIpc) is 2.77. The predicted octanol–water partition coefficient (Wildman–Crippen LogP) is 1.84. The monoisotopic (exact) mass is 258 g/mol. The molecule has 2 atom stereocenters. The molecule has 1 aliphatic rings. The van der Waals surface area contributed by atoms with E-state index in [2.05, 4.69) is 29.1 Å². The molecule has 2 heterocycles. The summed E-state index contributed by atoms with van der Waals surface area (Å²) in [5.74, 6) is 3.23. The normalized spacial score (nSPS) is 22.0. The third-order valence-corrected chi connectivity index (χ3v) is 3.87. The number of fused-ring (bicyclic) bond motifs is 1. The van der Waals surface area contributed by atoms with Crippen LogP contribution in [-0.2, 0) is 13.0 Å². The lowest BCUT2D eigenvalue weighted by Gasteiger charge is -2.29. The molecule has 0 bridgehead atoms. The highest BCUT2D eigenvalue weighted by Crippen LogP contribution is 2.33. The Balaban J connectivity index is 1.88. The van der Waals surface area contributed by atoms with Crippen LogP contribution in [0, 0.1) is 5.92 Å². The van der Waals surface area contributed by atoms with Gasteiger partial charge in [0, 0.05) is 12.3 Å². The molecule has 0 amide bonds. The number of aromatic nitrogens is 3. The molecular formula is C14H18N4O. The van der Waals surface area contributed by atoms with Gasteiger partial charge in [-0.1, -0.05) is 19.1 Å². The van der Waals surface area contributed by atoms with Gasteiger partial charge in [-0.3, -0.25) is 0 Å². The Labute approximate surface area is 112 Å². The third-order valence-electron chi connectivity index (χ3n) is 3.87. The van der Waals surface area contributed by atoms with Gasteiger partial charge < -0.3 is 10.5 Å². The zero-order valence-corrected chi connectivity index (χ0v) is 11.2. The number of nitrogens with two attached hydrogens (primary N) is 1. The number of benzene rings is 1. The minimum atomic E-state index is 0.373. The van der Waals surface area contributed by atoms with Gasteiger partial charge in [-0.05, 0) is 23.6 Å². The third kappa shape index (κ3) is 2.16. The lowest BCUT2D eigenvalue weighted by atomic mass is 9.83. The molecule has 2 N–H and O–H groups in total. The van der Waals surface area contributed by atoms with Crippen molar-refractivity contribution in [3.05, 3.63) is 35.7 Å². The van der Waals surface area contributed by atoms with E-state index in [4.69, 9.17) is 10.5 Å². The molecule has 1 aliphatic heterocycles. The SMILES string of the molecule is COc1ccc(C2Cn3nc(N)nc3CC2C)cc1. The van der Waals surface area contributed by atoms with E-state index in [1.807, 2.05) is 16.8 Å². The van der Waals surface area contributed by atoms with Crippen LogP contribution in [0.1, 0.15) is 24.2 Å². The fraction of sp³-hybridized carbons (Fsp3) is 0.429. The van der Waals surface area contributed by atoms with Gasteiger partial charge in [0.1, 0.15) is 11.6 Å². The van der Waals surface area contributed by atoms with E-state index >= 15 is 0 Å². The van der Waals surface area contributed by atoms with Crippen molar-refractivity contribution < 1.29 is 4.74 Å².